The summed E-state index contributed by atoms with van der Waals surface area (Å²) in [6, 6.07) is 3.41. The highest BCUT2D eigenvalue weighted by Gasteiger charge is 2.00. The lowest BCUT2D eigenvalue weighted by atomic mass is 10.3. The zero-order valence-corrected chi connectivity index (χ0v) is 9.03. The summed E-state index contributed by atoms with van der Waals surface area (Å²) in [6.07, 6.45) is 1.47. The van der Waals surface area contributed by atoms with Gasteiger partial charge >= 0.3 is 0 Å². The van der Waals surface area contributed by atoms with Gasteiger partial charge in [-0.15, -0.1) is 0 Å². The molecule has 1 heterocycles. The number of carbonyl (C=O) groups is 1. The van der Waals surface area contributed by atoms with Gasteiger partial charge in [0.15, 0.2) is 0 Å². The first-order chi connectivity index (χ1) is 7.09. The van der Waals surface area contributed by atoms with Crippen molar-refractivity contribution in [2.75, 3.05) is 32.5 Å². The van der Waals surface area contributed by atoms with Crippen molar-refractivity contribution in [3.05, 3.63) is 23.9 Å². The van der Waals surface area contributed by atoms with E-state index in [1.165, 1.54) is 6.20 Å². The Morgan fingerprint density at radius 2 is 2.27 bits per heavy atom. The maximum atomic E-state index is 10.8. The van der Waals surface area contributed by atoms with Gasteiger partial charge < -0.3 is 16.0 Å². The fourth-order valence-corrected chi connectivity index (χ4v) is 1.05. The monoisotopic (exact) mass is 208 g/mol. The van der Waals surface area contributed by atoms with Gasteiger partial charge in [0.25, 0.3) is 0 Å². The minimum atomic E-state index is -0.456. The van der Waals surface area contributed by atoms with E-state index in [-0.39, 0.29) is 0 Å². The first kappa shape index (κ1) is 11.5. The van der Waals surface area contributed by atoms with Crippen molar-refractivity contribution in [1.29, 1.82) is 0 Å². The van der Waals surface area contributed by atoms with Crippen LogP contribution in [0.25, 0.3) is 0 Å². The predicted octanol–water partition coefficient (Wildman–Crippen LogP) is 0.154. The molecule has 0 unspecified atom stereocenters. The summed E-state index contributed by atoms with van der Waals surface area (Å²) < 4.78 is 0. The lowest BCUT2D eigenvalue weighted by molar-refractivity contribution is 0.1000. The number of amides is 1. The lowest BCUT2D eigenvalue weighted by Crippen LogP contribution is -2.21. The van der Waals surface area contributed by atoms with Crippen molar-refractivity contribution < 1.29 is 4.79 Å². The second kappa shape index (κ2) is 5.31. The average Bonchev–Trinajstić information content (AvgIpc) is 2.18. The first-order valence-electron chi connectivity index (χ1n) is 4.74. The summed E-state index contributed by atoms with van der Waals surface area (Å²) >= 11 is 0. The number of anilines is 1. The molecule has 1 rings (SSSR count). The summed E-state index contributed by atoms with van der Waals surface area (Å²) in [4.78, 5) is 16.9. The van der Waals surface area contributed by atoms with E-state index in [4.69, 9.17) is 5.73 Å². The highest BCUT2D eigenvalue weighted by molar-refractivity contribution is 5.92. The summed E-state index contributed by atoms with van der Waals surface area (Å²) in [6.45, 7) is 1.75. The molecule has 1 amide bonds. The van der Waals surface area contributed by atoms with Crippen molar-refractivity contribution in [3.8, 4) is 0 Å². The molecule has 0 fully saturated rings. The van der Waals surface area contributed by atoms with Crippen LogP contribution < -0.4 is 11.1 Å². The molecule has 1 aromatic heterocycles. The van der Waals surface area contributed by atoms with Crippen LogP contribution in [0.2, 0.25) is 0 Å². The van der Waals surface area contributed by atoms with Crippen LogP contribution >= 0.6 is 0 Å². The Balaban J connectivity index is 2.46. The van der Waals surface area contributed by atoms with E-state index in [0.29, 0.717) is 5.56 Å². The molecule has 0 aliphatic heterocycles. The van der Waals surface area contributed by atoms with Crippen molar-refractivity contribution in [2.24, 2.45) is 5.73 Å². The van der Waals surface area contributed by atoms with E-state index in [1.54, 1.807) is 12.1 Å². The lowest BCUT2D eigenvalue weighted by Gasteiger charge is -2.10. The quantitative estimate of drug-likeness (QED) is 0.722. The summed E-state index contributed by atoms with van der Waals surface area (Å²) in [5.74, 6) is 0.296. The van der Waals surface area contributed by atoms with Gasteiger partial charge in [0, 0.05) is 19.3 Å². The van der Waals surface area contributed by atoms with Crippen LogP contribution in [0.1, 0.15) is 10.4 Å². The second-order valence-corrected chi connectivity index (χ2v) is 3.53. The van der Waals surface area contributed by atoms with Gasteiger partial charge in [0.1, 0.15) is 5.82 Å². The molecule has 1 aromatic rings. The van der Waals surface area contributed by atoms with Gasteiger partial charge in [-0.1, -0.05) is 0 Å². The molecule has 3 N–H and O–H groups in total. The van der Waals surface area contributed by atoms with Crippen LogP contribution in [0.15, 0.2) is 18.3 Å². The molecular formula is C10H16N4O. The topological polar surface area (TPSA) is 71.2 Å². The van der Waals surface area contributed by atoms with Gasteiger partial charge in [-0.05, 0) is 26.2 Å². The smallest absolute Gasteiger partial charge is 0.250 e. The Morgan fingerprint density at radius 1 is 1.53 bits per heavy atom. The molecular weight excluding hydrogens is 192 g/mol. The van der Waals surface area contributed by atoms with Crippen LogP contribution in [0.3, 0.4) is 0 Å². The van der Waals surface area contributed by atoms with Gasteiger partial charge in [-0.2, -0.15) is 0 Å². The van der Waals surface area contributed by atoms with Gasteiger partial charge in [-0.3, -0.25) is 4.79 Å². The zero-order chi connectivity index (χ0) is 11.3. The normalized spacial score (nSPS) is 10.3. The van der Waals surface area contributed by atoms with Gasteiger partial charge in [-0.25, -0.2) is 4.98 Å². The highest BCUT2D eigenvalue weighted by atomic mass is 16.1. The number of hydrogen-bond acceptors (Lipinski definition) is 4. The van der Waals surface area contributed by atoms with Crippen LogP contribution in [-0.4, -0.2) is 43.0 Å². The minimum Gasteiger partial charge on any atom is -0.369 e. The van der Waals surface area contributed by atoms with E-state index in [9.17, 15) is 4.79 Å². The molecule has 0 radical (unpaired) electrons. The Labute approximate surface area is 89.3 Å². The number of carbonyl (C=O) groups excluding carboxylic acids is 1. The number of nitrogens with zero attached hydrogens (tertiary/aromatic N) is 2. The molecule has 82 valence electrons. The number of likely N-dealkylation sites (N-methyl/N-ethyl adjacent to an activating group) is 1. The number of primary amides is 1. The second-order valence-electron chi connectivity index (χ2n) is 3.53. The number of pyridine rings is 1. The molecule has 0 spiro atoms. The summed E-state index contributed by atoms with van der Waals surface area (Å²) in [5.41, 5.74) is 5.52. The molecule has 0 bridgehead atoms. The third kappa shape index (κ3) is 3.95. The molecule has 0 saturated carbocycles. The van der Waals surface area contributed by atoms with Crippen molar-refractivity contribution in [3.63, 3.8) is 0 Å². The molecule has 15 heavy (non-hydrogen) atoms. The van der Waals surface area contributed by atoms with Crippen LogP contribution in [0.4, 0.5) is 5.82 Å². The van der Waals surface area contributed by atoms with E-state index in [1.807, 2.05) is 14.1 Å². The van der Waals surface area contributed by atoms with E-state index in [2.05, 4.69) is 15.2 Å². The Bertz CT molecular complexity index is 321. The van der Waals surface area contributed by atoms with Gasteiger partial charge in [0.2, 0.25) is 5.91 Å². The molecule has 5 heteroatoms. The highest BCUT2D eigenvalue weighted by Crippen LogP contribution is 2.03. The molecule has 0 aromatic carbocycles. The molecule has 0 atom stereocenters. The molecule has 0 saturated heterocycles. The molecule has 0 aliphatic rings. The Kier molecular flexibility index (Phi) is 4.05. The maximum Gasteiger partial charge on any atom is 0.250 e. The predicted molar refractivity (Wildman–Crippen MR) is 59.8 cm³/mol. The number of aromatic nitrogens is 1. The number of rotatable bonds is 5. The van der Waals surface area contributed by atoms with E-state index in [0.717, 1.165) is 18.9 Å². The Hall–Kier alpha value is -1.62. The van der Waals surface area contributed by atoms with Crippen molar-refractivity contribution >= 4 is 11.7 Å². The number of nitrogens with two attached hydrogens (primary N) is 1. The number of hydrogen-bond donors (Lipinski definition) is 2. The van der Waals surface area contributed by atoms with Crippen LogP contribution in [0.5, 0.6) is 0 Å². The summed E-state index contributed by atoms with van der Waals surface area (Å²) in [5, 5.41) is 3.14. The zero-order valence-electron chi connectivity index (χ0n) is 9.03. The Morgan fingerprint density at radius 3 is 2.73 bits per heavy atom. The minimum absolute atomic E-state index is 0.424. The fraction of sp³-hybridized carbons (Fsp3) is 0.400. The van der Waals surface area contributed by atoms with E-state index < -0.39 is 5.91 Å². The number of nitrogens with one attached hydrogen (secondary N) is 1. The van der Waals surface area contributed by atoms with Crippen LogP contribution in [-0.2, 0) is 0 Å². The fourth-order valence-electron chi connectivity index (χ4n) is 1.05. The largest absolute Gasteiger partial charge is 0.369 e. The maximum absolute atomic E-state index is 10.8. The third-order valence-corrected chi connectivity index (χ3v) is 1.91. The molecule has 5 nitrogen and oxygen atoms in total. The third-order valence-electron chi connectivity index (χ3n) is 1.91. The van der Waals surface area contributed by atoms with Crippen molar-refractivity contribution in [1.82, 2.24) is 9.88 Å². The summed E-state index contributed by atoms with van der Waals surface area (Å²) in [7, 11) is 4.01. The van der Waals surface area contributed by atoms with Crippen LogP contribution in [0, 0.1) is 0 Å². The standard InChI is InChI=1S/C10H16N4O/c1-14(2)6-5-12-9-4-3-8(7-13-9)10(11)15/h3-4,7H,5-6H2,1-2H3,(H2,11,15)(H,12,13). The average molecular weight is 208 g/mol. The SMILES string of the molecule is CN(C)CCNc1ccc(C(N)=O)cn1. The van der Waals surface area contributed by atoms with Crippen molar-refractivity contribution in [2.45, 2.75) is 0 Å². The van der Waals surface area contributed by atoms with Gasteiger partial charge in [0.05, 0.1) is 5.56 Å². The van der Waals surface area contributed by atoms with E-state index >= 15 is 0 Å². The first-order valence-corrected chi connectivity index (χ1v) is 4.74. The molecule has 0 aliphatic carbocycles.